The van der Waals surface area contributed by atoms with E-state index in [4.69, 9.17) is 10.2 Å². The zero-order chi connectivity index (χ0) is 11.0. The first kappa shape index (κ1) is 8.91. The Labute approximate surface area is 91.7 Å². The third-order valence-electron chi connectivity index (χ3n) is 2.44. The molecule has 78 valence electrons. The first-order valence-corrected chi connectivity index (χ1v) is 4.89. The van der Waals surface area contributed by atoms with Crippen LogP contribution in [0, 0.1) is 0 Å². The van der Waals surface area contributed by atoms with E-state index in [9.17, 15) is 0 Å². The maximum Gasteiger partial charge on any atom is 0.152 e. The van der Waals surface area contributed by atoms with Gasteiger partial charge >= 0.3 is 0 Å². The van der Waals surface area contributed by atoms with Crippen molar-refractivity contribution >= 4 is 16.6 Å². The third kappa shape index (κ3) is 1.32. The fourth-order valence-electron chi connectivity index (χ4n) is 1.67. The van der Waals surface area contributed by atoms with Gasteiger partial charge in [0.2, 0.25) is 0 Å². The van der Waals surface area contributed by atoms with Gasteiger partial charge in [-0.05, 0) is 29.7 Å². The number of furan rings is 1. The Morgan fingerprint density at radius 3 is 3.00 bits per heavy atom. The fourth-order valence-corrected chi connectivity index (χ4v) is 1.67. The molecule has 4 nitrogen and oxygen atoms in total. The van der Waals surface area contributed by atoms with Crippen LogP contribution in [0.25, 0.3) is 22.2 Å². The number of rotatable bonds is 1. The summed E-state index contributed by atoms with van der Waals surface area (Å²) in [6.45, 7) is 0. The molecule has 4 heteroatoms. The maximum absolute atomic E-state index is 5.87. The lowest BCUT2D eigenvalue weighted by Gasteiger charge is -2.03. The summed E-state index contributed by atoms with van der Waals surface area (Å²) in [4.78, 5) is 8.31. The summed E-state index contributed by atoms with van der Waals surface area (Å²) < 4.78 is 5.29. The van der Waals surface area contributed by atoms with Crippen molar-refractivity contribution < 1.29 is 4.42 Å². The molecule has 0 aliphatic rings. The van der Waals surface area contributed by atoms with Gasteiger partial charge in [-0.1, -0.05) is 0 Å². The number of hydrogen-bond donors (Lipinski definition) is 1. The molecular formula is C12H9N3O. The van der Waals surface area contributed by atoms with Crippen molar-refractivity contribution in [2.24, 2.45) is 0 Å². The summed E-state index contributed by atoms with van der Waals surface area (Å²) in [5.41, 5.74) is 6.61. The smallest absolute Gasteiger partial charge is 0.152 e. The second-order valence-electron chi connectivity index (χ2n) is 3.47. The largest absolute Gasteiger partial charge is 0.463 e. The predicted molar refractivity (Wildman–Crippen MR) is 61.7 cm³/mol. The lowest BCUT2D eigenvalue weighted by Crippen LogP contribution is -1.94. The van der Waals surface area contributed by atoms with Gasteiger partial charge in [0.05, 0.1) is 6.26 Å². The Morgan fingerprint density at radius 2 is 2.19 bits per heavy atom. The van der Waals surface area contributed by atoms with Gasteiger partial charge in [0.15, 0.2) is 5.76 Å². The van der Waals surface area contributed by atoms with Crippen LogP contribution < -0.4 is 5.73 Å². The highest BCUT2D eigenvalue weighted by molar-refractivity contribution is 5.92. The van der Waals surface area contributed by atoms with E-state index in [0.717, 1.165) is 16.5 Å². The summed E-state index contributed by atoms with van der Waals surface area (Å²) >= 11 is 0. The van der Waals surface area contributed by atoms with Crippen LogP contribution in [0.3, 0.4) is 0 Å². The molecule has 3 rings (SSSR count). The Balaban J connectivity index is 2.29. The quantitative estimate of drug-likeness (QED) is 0.671. The Kier molecular flexibility index (Phi) is 1.86. The van der Waals surface area contributed by atoms with Gasteiger partial charge in [-0.15, -0.1) is 0 Å². The molecule has 0 unspecified atom stereocenters. The van der Waals surface area contributed by atoms with Crippen molar-refractivity contribution in [2.75, 3.05) is 5.73 Å². The average molecular weight is 211 g/mol. The predicted octanol–water partition coefficient (Wildman–Crippen LogP) is 2.47. The minimum Gasteiger partial charge on any atom is -0.463 e. The Bertz CT molecular complexity index is 632. The fraction of sp³-hybridized carbons (Fsp3) is 0. The summed E-state index contributed by atoms with van der Waals surface area (Å²) in [5.74, 6) is 1.18. The Morgan fingerprint density at radius 1 is 1.25 bits per heavy atom. The molecule has 3 heterocycles. The van der Waals surface area contributed by atoms with E-state index in [2.05, 4.69) is 9.97 Å². The number of nitrogens with zero attached hydrogens (tertiary/aromatic N) is 2. The van der Waals surface area contributed by atoms with Crippen molar-refractivity contribution in [1.82, 2.24) is 9.97 Å². The van der Waals surface area contributed by atoms with Gasteiger partial charge in [-0.25, -0.2) is 4.98 Å². The van der Waals surface area contributed by atoms with Crippen LogP contribution in [-0.4, -0.2) is 9.97 Å². The number of fused-ring (bicyclic) bond motifs is 1. The van der Waals surface area contributed by atoms with Gasteiger partial charge in [0, 0.05) is 17.8 Å². The molecular weight excluding hydrogens is 202 g/mol. The van der Waals surface area contributed by atoms with E-state index < -0.39 is 0 Å². The van der Waals surface area contributed by atoms with Crippen LogP contribution in [0.1, 0.15) is 0 Å². The van der Waals surface area contributed by atoms with Crippen LogP contribution in [0.5, 0.6) is 0 Å². The first-order valence-electron chi connectivity index (χ1n) is 4.89. The van der Waals surface area contributed by atoms with E-state index in [1.54, 1.807) is 18.7 Å². The van der Waals surface area contributed by atoms with Crippen molar-refractivity contribution in [3.05, 3.63) is 42.9 Å². The zero-order valence-electron chi connectivity index (χ0n) is 8.42. The molecule has 0 radical (unpaired) electrons. The standard InChI is InChI=1S/C12H9N3O/c13-12-9-7-14-4-3-8(9)6-10(15-12)11-2-1-5-16-11/h1-7H,(H2,13,15). The monoisotopic (exact) mass is 211 g/mol. The molecule has 0 fully saturated rings. The summed E-state index contributed by atoms with van der Waals surface area (Å²) in [6, 6.07) is 7.52. The second kappa shape index (κ2) is 3.34. The molecule has 0 spiro atoms. The molecule has 2 N–H and O–H groups in total. The molecule has 0 aliphatic heterocycles. The molecule has 0 amide bonds. The van der Waals surface area contributed by atoms with E-state index in [0.29, 0.717) is 11.6 Å². The molecule has 0 aliphatic carbocycles. The SMILES string of the molecule is Nc1nc(-c2ccco2)cc2ccncc12. The highest BCUT2D eigenvalue weighted by Gasteiger charge is 2.06. The van der Waals surface area contributed by atoms with Gasteiger partial charge in [0.25, 0.3) is 0 Å². The van der Waals surface area contributed by atoms with Gasteiger partial charge in [0.1, 0.15) is 11.5 Å². The van der Waals surface area contributed by atoms with Crippen molar-refractivity contribution in [3.63, 3.8) is 0 Å². The number of nitrogens with two attached hydrogens (primary N) is 1. The van der Waals surface area contributed by atoms with Gasteiger partial charge < -0.3 is 10.2 Å². The van der Waals surface area contributed by atoms with Crippen LogP contribution >= 0.6 is 0 Å². The highest BCUT2D eigenvalue weighted by atomic mass is 16.3. The van der Waals surface area contributed by atoms with Gasteiger partial charge in [-0.3, -0.25) is 4.98 Å². The first-order chi connectivity index (χ1) is 7.84. The molecule has 16 heavy (non-hydrogen) atoms. The minimum absolute atomic E-state index is 0.469. The third-order valence-corrected chi connectivity index (χ3v) is 2.44. The Hall–Kier alpha value is -2.36. The number of anilines is 1. The van der Waals surface area contributed by atoms with Crippen molar-refractivity contribution in [2.45, 2.75) is 0 Å². The van der Waals surface area contributed by atoms with Crippen molar-refractivity contribution in [1.29, 1.82) is 0 Å². The van der Waals surface area contributed by atoms with Crippen LogP contribution in [-0.2, 0) is 0 Å². The highest BCUT2D eigenvalue weighted by Crippen LogP contribution is 2.25. The lowest BCUT2D eigenvalue weighted by atomic mass is 10.1. The van der Waals surface area contributed by atoms with Crippen LogP contribution in [0.4, 0.5) is 5.82 Å². The molecule has 0 atom stereocenters. The normalized spacial score (nSPS) is 10.8. The molecule has 0 aromatic carbocycles. The average Bonchev–Trinajstić information content (AvgIpc) is 2.82. The summed E-state index contributed by atoms with van der Waals surface area (Å²) in [7, 11) is 0. The topological polar surface area (TPSA) is 64.9 Å². The maximum atomic E-state index is 5.87. The van der Waals surface area contributed by atoms with Crippen molar-refractivity contribution in [3.8, 4) is 11.5 Å². The number of aromatic nitrogens is 2. The molecule has 0 saturated carbocycles. The van der Waals surface area contributed by atoms with E-state index >= 15 is 0 Å². The molecule has 0 bridgehead atoms. The molecule has 0 saturated heterocycles. The van der Waals surface area contributed by atoms with Crippen LogP contribution in [0.2, 0.25) is 0 Å². The minimum atomic E-state index is 0.469. The zero-order valence-corrected chi connectivity index (χ0v) is 8.42. The van der Waals surface area contributed by atoms with Gasteiger partial charge in [-0.2, -0.15) is 0 Å². The summed E-state index contributed by atoms with van der Waals surface area (Å²) in [6.07, 6.45) is 5.06. The molecule has 3 aromatic rings. The number of hydrogen-bond acceptors (Lipinski definition) is 4. The lowest BCUT2D eigenvalue weighted by molar-refractivity contribution is 0.580. The molecule has 3 aromatic heterocycles. The number of pyridine rings is 2. The number of nitrogen functional groups attached to an aromatic ring is 1. The van der Waals surface area contributed by atoms with E-state index in [1.165, 1.54) is 0 Å². The van der Waals surface area contributed by atoms with E-state index in [1.807, 2.05) is 24.3 Å². The summed E-state index contributed by atoms with van der Waals surface area (Å²) in [5, 5.41) is 1.87. The van der Waals surface area contributed by atoms with E-state index in [-0.39, 0.29) is 0 Å². The second-order valence-corrected chi connectivity index (χ2v) is 3.47. The van der Waals surface area contributed by atoms with Crippen LogP contribution in [0.15, 0.2) is 47.3 Å².